The van der Waals surface area contributed by atoms with Gasteiger partial charge in [0.25, 0.3) is 0 Å². The molecule has 2 aromatic heterocycles. The van der Waals surface area contributed by atoms with Crippen molar-refractivity contribution in [2.24, 2.45) is 0 Å². The number of anilines is 1. The van der Waals surface area contributed by atoms with Gasteiger partial charge in [-0.1, -0.05) is 0 Å². The number of ether oxygens (including phenoxy) is 1. The molecule has 1 aliphatic heterocycles. The molecule has 0 amide bonds. The minimum Gasteiger partial charge on any atom is -0.373 e. The monoisotopic (exact) mass is 344 g/mol. The summed E-state index contributed by atoms with van der Waals surface area (Å²) in [7, 11) is 0. The van der Waals surface area contributed by atoms with E-state index in [0.29, 0.717) is 5.92 Å². The van der Waals surface area contributed by atoms with E-state index >= 15 is 0 Å². The smallest absolute Gasteiger partial charge is 0.203 e. The number of rotatable bonds is 5. The largest absolute Gasteiger partial charge is 0.373 e. The van der Waals surface area contributed by atoms with E-state index in [1.165, 1.54) is 12.8 Å². The summed E-state index contributed by atoms with van der Waals surface area (Å²) < 4.78 is 7.95. The number of aromatic nitrogens is 4. The fraction of sp³-hybridized carbons (Fsp3) is 0.722. The molecule has 0 spiro atoms. The maximum absolute atomic E-state index is 5.87. The zero-order valence-electron chi connectivity index (χ0n) is 15.6. The Hall–Kier alpha value is -1.73. The molecule has 1 saturated heterocycles. The van der Waals surface area contributed by atoms with Crippen molar-refractivity contribution < 1.29 is 4.74 Å². The van der Waals surface area contributed by atoms with Crippen LogP contribution in [0.5, 0.6) is 0 Å². The maximum Gasteiger partial charge on any atom is 0.203 e. The van der Waals surface area contributed by atoms with E-state index in [2.05, 4.69) is 57.5 Å². The predicted octanol–water partition coefficient (Wildman–Crippen LogP) is 2.30. The Morgan fingerprint density at radius 1 is 1.20 bits per heavy atom. The lowest BCUT2D eigenvalue weighted by atomic mass is 10.00. The van der Waals surface area contributed by atoms with Gasteiger partial charge in [0.2, 0.25) is 5.65 Å². The van der Waals surface area contributed by atoms with Crippen LogP contribution in [0.4, 0.5) is 5.82 Å². The molecule has 3 heterocycles. The molecule has 0 radical (unpaired) electrons. The Morgan fingerprint density at radius 3 is 2.60 bits per heavy atom. The van der Waals surface area contributed by atoms with Crippen molar-refractivity contribution in [3.8, 4) is 0 Å². The summed E-state index contributed by atoms with van der Waals surface area (Å²) in [6.45, 7) is 11.5. The lowest BCUT2D eigenvalue weighted by molar-refractivity contribution is -0.0933. The van der Waals surface area contributed by atoms with E-state index in [4.69, 9.17) is 4.74 Å². The van der Waals surface area contributed by atoms with Gasteiger partial charge in [-0.3, -0.25) is 9.30 Å². The van der Waals surface area contributed by atoms with E-state index in [1.807, 2.05) is 12.4 Å². The number of nitrogens with one attached hydrogen (secondary N) is 1. The Kier molecular flexibility index (Phi) is 4.16. The van der Waals surface area contributed by atoms with E-state index in [-0.39, 0.29) is 17.7 Å². The van der Waals surface area contributed by atoms with Crippen molar-refractivity contribution >= 4 is 11.5 Å². The van der Waals surface area contributed by atoms with Gasteiger partial charge in [-0.2, -0.15) is 0 Å². The summed E-state index contributed by atoms with van der Waals surface area (Å²) in [5, 5.41) is 12.3. The number of hydrogen-bond donors (Lipinski definition) is 1. The SMILES string of the molecule is CC1CN(C(C)(C)CNc2nccn3c(C4CC4)nnc23)CC(C)O1. The molecule has 1 N–H and O–H groups in total. The molecule has 1 saturated carbocycles. The molecule has 2 aromatic rings. The highest BCUT2D eigenvalue weighted by atomic mass is 16.5. The van der Waals surface area contributed by atoms with Gasteiger partial charge in [0, 0.05) is 43.5 Å². The second-order valence-corrected chi connectivity index (χ2v) is 8.13. The fourth-order valence-electron chi connectivity index (χ4n) is 3.67. The summed E-state index contributed by atoms with van der Waals surface area (Å²) in [5.74, 6) is 2.44. The van der Waals surface area contributed by atoms with Crippen LogP contribution in [0.2, 0.25) is 0 Å². The van der Waals surface area contributed by atoms with Gasteiger partial charge in [0.15, 0.2) is 5.82 Å². The highest BCUT2D eigenvalue weighted by molar-refractivity contribution is 5.62. The lowest BCUT2D eigenvalue weighted by Crippen LogP contribution is -2.57. The third kappa shape index (κ3) is 3.35. The molecule has 7 nitrogen and oxygen atoms in total. The minimum absolute atomic E-state index is 0.000154. The zero-order chi connectivity index (χ0) is 17.6. The van der Waals surface area contributed by atoms with Crippen molar-refractivity contribution in [2.75, 3.05) is 25.0 Å². The van der Waals surface area contributed by atoms with Gasteiger partial charge < -0.3 is 10.1 Å². The van der Waals surface area contributed by atoms with Crippen LogP contribution < -0.4 is 5.32 Å². The molecule has 0 bridgehead atoms. The molecule has 2 fully saturated rings. The van der Waals surface area contributed by atoms with Gasteiger partial charge in [-0.25, -0.2) is 4.98 Å². The quantitative estimate of drug-likeness (QED) is 0.898. The zero-order valence-corrected chi connectivity index (χ0v) is 15.6. The van der Waals surface area contributed by atoms with Crippen LogP contribution in [0.15, 0.2) is 12.4 Å². The fourth-order valence-corrected chi connectivity index (χ4v) is 3.67. The van der Waals surface area contributed by atoms with Crippen LogP contribution >= 0.6 is 0 Å². The van der Waals surface area contributed by atoms with Gasteiger partial charge in [-0.05, 0) is 40.5 Å². The first-order chi connectivity index (χ1) is 11.9. The van der Waals surface area contributed by atoms with Crippen LogP contribution in [0, 0.1) is 0 Å². The van der Waals surface area contributed by atoms with Gasteiger partial charge >= 0.3 is 0 Å². The molecule has 25 heavy (non-hydrogen) atoms. The first kappa shape index (κ1) is 16.7. The Morgan fingerprint density at radius 2 is 1.92 bits per heavy atom. The number of hydrogen-bond acceptors (Lipinski definition) is 6. The van der Waals surface area contributed by atoms with Crippen molar-refractivity contribution in [2.45, 2.75) is 64.2 Å². The van der Waals surface area contributed by atoms with E-state index in [9.17, 15) is 0 Å². The molecule has 4 rings (SSSR count). The van der Waals surface area contributed by atoms with E-state index in [0.717, 1.165) is 36.9 Å². The molecule has 1 aliphatic carbocycles. The van der Waals surface area contributed by atoms with Gasteiger partial charge in [-0.15, -0.1) is 10.2 Å². The second-order valence-electron chi connectivity index (χ2n) is 8.13. The Balaban J connectivity index is 1.49. The second kappa shape index (κ2) is 6.21. The average molecular weight is 344 g/mol. The van der Waals surface area contributed by atoms with Crippen molar-refractivity contribution in [3.05, 3.63) is 18.2 Å². The van der Waals surface area contributed by atoms with Crippen molar-refractivity contribution in [1.82, 2.24) is 24.5 Å². The number of fused-ring (bicyclic) bond motifs is 1. The predicted molar refractivity (Wildman–Crippen MR) is 96.9 cm³/mol. The maximum atomic E-state index is 5.87. The minimum atomic E-state index is 0.000154. The summed E-state index contributed by atoms with van der Waals surface area (Å²) in [5.41, 5.74) is 0.823. The molecule has 0 aromatic carbocycles. The first-order valence-corrected chi connectivity index (χ1v) is 9.28. The molecule has 2 atom stereocenters. The molecule has 2 unspecified atom stereocenters. The summed E-state index contributed by atoms with van der Waals surface area (Å²) in [6, 6.07) is 0. The average Bonchev–Trinajstić information content (AvgIpc) is 3.31. The lowest BCUT2D eigenvalue weighted by Gasteiger charge is -2.45. The third-order valence-electron chi connectivity index (χ3n) is 5.26. The van der Waals surface area contributed by atoms with E-state index in [1.54, 1.807) is 0 Å². The van der Waals surface area contributed by atoms with Crippen LogP contribution in [0.3, 0.4) is 0 Å². The Bertz CT molecular complexity index is 743. The first-order valence-electron chi connectivity index (χ1n) is 9.28. The van der Waals surface area contributed by atoms with Crippen LogP contribution in [0.1, 0.15) is 52.3 Å². The number of nitrogens with zero attached hydrogens (tertiary/aromatic N) is 5. The highest BCUT2D eigenvalue weighted by Gasteiger charge is 2.33. The normalized spacial score (nSPS) is 25.4. The molecular weight excluding hydrogens is 316 g/mol. The topological polar surface area (TPSA) is 67.6 Å². The summed E-state index contributed by atoms with van der Waals surface area (Å²) in [4.78, 5) is 7.00. The van der Waals surface area contributed by atoms with Crippen LogP contribution in [0.25, 0.3) is 5.65 Å². The summed E-state index contributed by atoms with van der Waals surface area (Å²) in [6.07, 6.45) is 6.75. The molecule has 136 valence electrons. The van der Waals surface area contributed by atoms with Crippen molar-refractivity contribution in [3.63, 3.8) is 0 Å². The van der Waals surface area contributed by atoms with Crippen molar-refractivity contribution in [1.29, 1.82) is 0 Å². The van der Waals surface area contributed by atoms with Crippen LogP contribution in [-0.4, -0.2) is 61.9 Å². The third-order valence-corrected chi connectivity index (χ3v) is 5.26. The Labute approximate surface area is 148 Å². The number of morpholine rings is 1. The summed E-state index contributed by atoms with van der Waals surface area (Å²) >= 11 is 0. The molecule has 2 aliphatic rings. The molecular formula is C18H28N6O. The molecule has 7 heteroatoms. The van der Waals surface area contributed by atoms with Gasteiger partial charge in [0.05, 0.1) is 12.2 Å². The standard InChI is InChI=1S/C18H28N6O/c1-12-9-23(10-13(2)25-12)18(3,4)11-20-15-17-22-21-16(14-5-6-14)24(17)8-7-19-15/h7-8,12-14H,5-6,9-11H2,1-4H3,(H,19,20). The highest BCUT2D eigenvalue weighted by Crippen LogP contribution is 2.39. The van der Waals surface area contributed by atoms with Gasteiger partial charge in [0.1, 0.15) is 5.82 Å². The van der Waals surface area contributed by atoms with E-state index < -0.39 is 0 Å². The van der Waals surface area contributed by atoms with Crippen LogP contribution in [-0.2, 0) is 4.74 Å².